The molecule has 2 aliphatic heterocycles. The minimum Gasteiger partial charge on any atom is -0.358 e. The lowest BCUT2D eigenvalue weighted by molar-refractivity contribution is -0.125. The molecule has 1 unspecified atom stereocenters. The van der Waals surface area contributed by atoms with Gasteiger partial charge in [-0.15, -0.1) is 0 Å². The Morgan fingerprint density at radius 2 is 2.03 bits per heavy atom. The van der Waals surface area contributed by atoms with E-state index in [2.05, 4.69) is 27.8 Å². The van der Waals surface area contributed by atoms with E-state index < -0.39 is 6.04 Å². The number of rotatable bonds is 4. The number of fused-ring (bicyclic) bond motifs is 5. The summed E-state index contributed by atoms with van der Waals surface area (Å²) in [5, 5.41) is 10.4. The molecule has 0 saturated carbocycles. The highest BCUT2D eigenvalue weighted by Crippen LogP contribution is 2.24. The number of aromatic nitrogens is 2. The molecule has 0 radical (unpaired) electrons. The van der Waals surface area contributed by atoms with Crippen molar-refractivity contribution in [1.82, 2.24) is 30.4 Å². The van der Waals surface area contributed by atoms with Crippen molar-refractivity contribution >= 4 is 28.7 Å². The fraction of sp³-hybridized carbons (Fsp3) is 0.565. The first-order valence-corrected chi connectivity index (χ1v) is 11.6. The normalized spacial score (nSPS) is 21.6. The minimum atomic E-state index is -0.449. The van der Waals surface area contributed by atoms with Gasteiger partial charge in [-0.1, -0.05) is 39.3 Å². The lowest BCUT2D eigenvalue weighted by atomic mass is 10.0. The Labute approximate surface area is 189 Å². The summed E-state index contributed by atoms with van der Waals surface area (Å²) < 4.78 is 0. The summed E-state index contributed by atoms with van der Waals surface area (Å²) >= 11 is 0. The number of hydrogen-bond acceptors (Lipinski definition) is 6. The summed E-state index contributed by atoms with van der Waals surface area (Å²) in [7, 11) is 0. The third-order valence-corrected chi connectivity index (χ3v) is 6.13. The Morgan fingerprint density at radius 1 is 1.22 bits per heavy atom. The predicted molar refractivity (Wildman–Crippen MR) is 124 cm³/mol. The van der Waals surface area contributed by atoms with Crippen LogP contribution in [0.5, 0.6) is 0 Å². The molecule has 4 rings (SSSR count). The van der Waals surface area contributed by atoms with Gasteiger partial charge in [0.2, 0.25) is 5.91 Å². The van der Waals surface area contributed by atoms with E-state index in [-0.39, 0.29) is 24.0 Å². The number of carbonyl (C=O) groups excluding carboxylic acids is 2. The van der Waals surface area contributed by atoms with Crippen molar-refractivity contribution in [1.29, 1.82) is 0 Å². The van der Waals surface area contributed by atoms with E-state index in [1.165, 1.54) is 0 Å². The third kappa shape index (κ3) is 4.77. The summed E-state index contributed by atoms with van der Waals surface area (Å²) in [5.41, 5.74) is 0.856. The Kier molecular flexibility index (Phi) is 6.74. The number of nitrogens with zero attached hydrogens (tertiary/aromatic N) is 4. The smallest absolute Gasteiger partial charge is 0.317 e. The molecule has 3 heterocycles. The summed E-state index contributed by atoms with van der Waals surface area (Å²) in [6.45, 7) is 8.95. The number of carbonyl (C=O) groups is 2. The van der Waals surface area contributed by atoms with E-state index in [0.29, 0.717) is 44.4 Å². The van der Waals surface area contributed by atoms with E-state index in [1.807, 2.05) is 38.1 Å². The zero-order chi connectivity index (χ0) is 22.7. The zero-order valence-electron chi connectivity index (χ0n) is 19.1. The SMILES string of the molecule is CCCCNC(=O)N1CCN2Cc3nc(c4ccccc4n3)N[C@@H](C(C)C)C(=O)NC2C1. The van der Waals surface area contributed by atoms with Crippen LogP contribution < -0.4 is 16.0 Å². The standard InChI is InChI=1S/C23H33N7O2/c1-4-5-10-24-23(32)30-12-11-29-13-18-25-17-9-7-6-8-16(17)21(26-18)28-20(15(2)3)22(31)27-19(29)14-30/h6-9,15,19-20H,4-5,10-14H2,1-3H3,(H,24,32)(H,27,31)(H,25,26,28)/t19?,20-/m0/s1. The predicted octanol–water partition coefficient (Wildman–Crippen LogP) is 2.15. The molecule has 2 bridgehead atoms. The van der Waals surface area contributed by atoms with Gasteiger partial charge in [0.05, 0.1) is 18.6 Å². The third-order valence-electron chi connectivity index (χ3n) is 6.13. The van der Waals surface area contributed by atoms with Crippen molar-refractivity contribution in [3.8, 4) is 0 Å². The summed E-state index contributed by atoms with van der Waals surface area (Å²) in [5.74, 6) is 1.36. The van der Waals surface area contributed by atoms with Gasteiger partial charge in [-0.05, 0) is 24.5 Å². The molecule has 9 heteroatoms. The summed E-state index contributed by atoms with van der Waals surface area (Å²) in [6.07, 6.45) is 1.69. The minimum absolute atomic E-state index is 0.0529. The second kappa shape index (κ2) is 9.68. The van der Waals surface area contributed by atoms with Gasteiger partial charge in [0.25, 0.3) is 0 Å². The Balaban J connectivity index is 1.63. The number of hydrogen-bond donors (Lipinski definition) is 3. The summed E-state index contributed by atoms with van der Waals surface area (Å²) in [4.78, 5) is 39.4. The van der Waals surface area contributed by atoms with Gasteiger partial charge in [-0.2, -0.15) is 0 Å². The van der Waals surface area contributed by atoms with Crippen molar-refractivity contribution in [3.63, 3.8) is 0 Å². The van der Waals surface area contributed by atoms with Crippen LogP contribution >= 0.6 is 0 Å². The molecule has 3 amide bonds. The number of unbranched alkanes of at least 4 members (excludes halogenated alkanes) is 1. The average molecular weight is 440 g/mol. The van der Waals surface area contributed by atoms with Crippen LogP contribution in [0.3, 0.4) is 0 Å². The molecule has 0 spiro atoms. The van der Waals surface area contributed by atoms with Crippen molar-refractivity contribution in [2.75, 3.05) is 31.5 Å². The van der Waals surface area contributed by atoms with Gasteiger partial charge < -0.3 is 20.9 Å². The maximum absolute atomic E-state index is 13.3. The van der Waals surface area contributed by atoms with Gasteiger partial charge in [-0.25, -0.2) is 14.8 Å². The number of anilines is 1. The van der Waals surface area contributed by atoms with E-state index in [9.17, 15) is 9.59 Å². The van der Waals surface area contributed by atoms with Crippen LogP contribution in [0.4, 0.5) is 10.6 Å². The first kappa shape index (κ1) is 22.3. The largest absolute Gasteiger partial charge is 0.358 e. The van der Waals surface area contributed by atoms with Gasteiger partial charge >= 0.3 is 6.03 Å². The highest BCUT2D eigenvalue weighted by molar-refractivity contribution is 5.92. The van der Waals surface area contributed by atoms with E-state index >= 15 is 0 Å². The van der Waals surface area contributed by atoms with Crippen LogP contribution in [0.25, 0.3) is 10.9 Å². The molecule has 1 fully saturated rings. The molecule has 2 aliphatic rings. The average Bonchev–Trinajstić information content (AvgIpc) is 2.77. The number of para-hydroxylation sites is 1. The fourth-order valence-electron chi connectivity index (χ4n) is 4.24. The van der Waals surface area contributed by atoms with E-state index in [1.54, 1.807) is 4.90 Å². The number of amides is 3. The number of benzene rings is 1. The van der Waals surface area contributed by atoms with E-state index in [4.69, 9.17) is 9.97 Å². The number of urea groups is 1. The fourth-order valence-corrected chi connectivity index (χ4v) is 4.24. The van der Waals surface area contributed by atoms with Crippen LogP contribution in [0.1, 0.15) is 39.4 Å². The van der Waals surface area contributed by atoms with Gasteiger partial charge in [0.1, 0.15) is 23.8 Å². The second-order valence-electron chi connectivity index (χ2n) is 8.90. The zero-order valence-corrected chi connectivity index (χ0v) is 19.1. The molecule has 9 nitrogen and oxygen atoms in total. The molecule has 1 aromatic carbocycles. The highest BCUT2D eigenvalue weighted by atomic mass is 16.2. The van der Waals surface area contributed by atoms with Crippen LogP contribution in [0.2, 0.25) is 0 Å². The lowest BCUT2D eigenvalue weighted by Gasteiger charge is -2.42. The summed E-state index contributed by atoms with van der Waals surface area (Å²) in [6, 6.07) is 7.33. The molecular formula is C23H33N7O2. The van der Waals surface area contributed by atoms with Crippen LogP contribution in [0, 0.1) is 5.92 Å². The second-order valence-corrected chi connectivity index (χ2v) is 8.90. The maximum Gasteiger partial charge on any atom is 0.317 e. The van der Waals surface area contributed by atoms with Crippen LogP contribution in [-0.2, 0) is 11.3 Å². The van der Waals surface area contributed by atoms with Crippen molar-refractivity contribution in [2.45, 2.75) is 52.4 Å². The van der Waals surface area contributed by atoms with Crippen LogP contribution in [0.15, 0.2) is 24.3 Å². The monoisotopic (exact) mass is 439 g/mol. The molecule has 3 N–H and O–H groups in total. The Morgan fingerprint density at radius 3 is 2.81 bits per heavy atom. The van der Waals surface area contributed by atoms with Crippen LogP contribution in [-0.4, -0.2) is 70.1 Å². The van der Waals surface area contributed by atoms with Crippen molar-refractivity contribution in [2.24, 2.45) is 5.92 Å². The Bertz CT molecular complexity index is 980. The number of piperazine rings is 1. The molecule has 172 valence electrons. The molecule has 2 aromatic rings. The Hall–Kier alpha value is -2.94. The van der Waals surface area contributed by atoms with Gasteiger partial charge in [0.15, 0.2) is 0 Å². The first-order chi connectivity index (χ1) is 15.5. The molecule has 0 aliphatic carbocycles. The first-order valence-electron chi connectivity index (χ1n) is 11.6. The topological polar surface area (TPSA) is 102 Å². The van der Waals surface area contributed by atoms with Gasteiger partial charge in [-0.3, -0.25) is 9.69 Å². The maximum atomic E-state index is 13.3. The van der Waals surface area contributed by atoms with E-state index in [0.717, 1.165) is 23.7 Å². The molecule has 1 aromatic heterocycles. The molecule has 32 heavy (non-hydrogen) atoms. The molecular weight excluding hydrogens is 406 g/mol. The van der Waals surface area contributed by atoms with Gasteiger partial charge in [0, 0.05) is 25.0 Å². The lowest BCUT2D eigenvalue weighted by Crippen LogP contribution is -2.63. The highest BCUT2D eigenvalue weighted by Gasteiger charge is 2.34. The quantitative estimate of drug-likeness (QED) is 0.631. The molecule has 1 saturated heterocycles. The number of nitrogens with one attached hydrogen (secondary N) is 3. The van der Waals surface area contributed by atoms with Crippen molar-refractivity contribution in [3.05, 3.63) is 30.1 Å². The molecule has 2 atom stereocenters. The van der Waals surface area contributed by atoms with Crippen molar-refractivity contribution < 1.29 is 9.59 Å².